The van der Waals surface area contributed by atoms with Crippen molar-refractivity contribution in [2.45, 2.75) is 50.6 Å². The summed E-state index contributed by atoms with van der Waals surface area (Å²) in [6.07, 6.45) is 5.74. The quantitative estimate of drug-likeness (QED) is 0.577. The molecule has 0 aromatic rings. The average molecular weight is 219 g/mol. The van der Waals surface area contributed by atoms with Crippen LogP contribution in [0.15, 0.2) is 0 Å². The SMILES string of the molecule is CCCC1CCCCN1C(Cl)C(N)=O. The molecule has 0 aliphatic carbocycles. The first kappa shape index (κ1) is 11.8. The van der Waals surface area contributed by atoms with E-state index in [1.54, 1.807) is 0 Å². The third-order valence-corrected chi connectivity index (χ3v) is 3.29. The fourth-order valence-electron chi connectivity index (χ4n) is 2.13. The molecule has 2 atom stereocenters. The molecule has 1 rings (SSSR count). The molecule has 0 saturated carbocycles. The van der Waals surface area contributed by atoms with Crippen LogP contribution in [0.3, 0.4) is 0 Å². The van der Waals surface area contributed by atoms with Gasteiger partial charge in [0.15, 0.2) is 5.50 Å². The number of rotatable bonds is 4. The number of hydrogen-bond donors (Lipinski definition) is 1. The number of amides is 1. The largest absolute Gasteiger partial charge is 0.367 e. The first-order chi connectivity index (χ1) is 6.66. The van der Waals surface area contributed by atoms with E-state index in [0.717, 1.165) is 32.2 Å². The van der Waals surface area contributed by atoms with Gasteiger partial charge in [0.25, 0.3) is 0 Å². The fraction of sp³-hybridized carbons (Fsp3) is 0.900. The van der Waals surface area contributed by atoms with Gasteiger partial charge in [-0.15, -0.1) is 0 Å². The molecule has 0 spiro atoms. The Labute approximate surface area is 90.6 Å². The molecule has 0 aromatic heterocycles. The molecule has 1 aliphatic rings. The summed E-state index contributed by atoms with van der Waals surface area (Å²) in [5.41, 5.74) is 4.59. The molecule has 2 N–H and O–H groups in total. The molecule has 1 amide bonds. The predicted molar refractivity (Wildman–Crippen MR) is 58.1 cm³/mol. The molecule has 1 saturated heterocycles. The Kier molecular flexibility index (Phi) is 4.69. The van der Waals surface area contributed by atoms with Crippen LogP contribution in [-0.2, 0) is 4.79 Å². The molecule has 1 aliphatic heterocycles. The summed E-state index contributed by atoms with van der Waals surface area (Å²) >= 11 is 5.98. The number of nitrogens with zero attached hydrogens (tertiary/aromatic N) is 1. The van der Waals surface area contributed by atoms with E-state index < -0.39 is 11.4 Å². The second-order valence-corrected chi connectivity index (χ2v) is 4.33. The smallest absolute Gasteiger partial charge is 0.250 e. The van der Waals surface area contributed by atoms with Crippen molar-refractivity contribution in [3.05, 3.63) is 0 Å². The van der Waals surface area contributed by atoms with Crippen molar-refractivity contribution in [1.82, 2.24) is 4.90 Å². The van der Waals surface area contributed by atoms with E-state index in [1.807, 2.05) is 0 Å². The van der Waals surface area contributed by atoms with Crippen molar-refractivity contribution in [2.75, 3.05) is 6.54 Å². The van der Waals surface area contributed by atoms with Crippen molar-refractivity contribution in [2.24, 2.45) is 5.73 Å². The molecule has 0 radical (unpaired) electrons. The van der Waals surface area contributed by atoms with Crippen LogP contribution in [0.2, 0.25) is 0 Å². The van der Waals surface area contributed by atoms with Gasteiger partial charge in [-0.2, -0.15) is 0 Å². The number of piperidine rings is 1. The van der Waals surface area contributed by atoms with Crippen LogP contribution in [0.25, 0.3) is 0 Å². The van der Waals surface area contributed by atoms with Gasteiger partial charge >= 0.3 is 0 Å². The molecule has 3 nitrogen and oxygen atoms in total. The molecular formula is C10H19ClN2O. The minimum Gasteiger partial charge on any atom is -0.367 e. The van der Waals surface area contributed by atoms with E-state index in [1.165, 1.54) is 6.42 Å². The van der Waals surface area contributed by atoms with Crippen molar-refractivity contribution in [3.63, 3.8) is 0 Å². The summed E-state index contributed by atoms with van der Waals surface area (Å²) in [6.45, 7) is 3.06. The van der Waals surface area contributed by atoms with Crippen molar-refractivity contribution < 1.29 is 4.79 Å². The molecule has 4 heteroatoms. The lowest BCUT2D eigenvalue weighted by Gasteiger charge is -2.37. The highest BCUT2D eigenvalue weighted by Crippen LogP contribution is 2.24. The Morgan fingerprint density at radius 2 is 2.36 bits per heavy atom. The number of nitrogens with two attached hydrogens (primary N) is 1. The lowest BCUT2D eigenvalue weighted by atomic mass is 9.98. The second kappa shape index (κ2) is 5.56. The Hall–Kier alpha value is -0.280. The second-order valence-electron chi connectivity index (χ2n) is 3.91. The Morgan fingerprint density at radius 1 is 1.64 bits per heavy atom. The third kappa shape index (κ3) is 2.85. The van der Waals surface area contributed by atoms with Gasteiger partial charge in [0.2, 0.25) is 5.91 Å². The van der Waals surface area contributed by atoms with Gasteiger partial charge in [-0.3, -0.25) is 9.69 Å². The maximum Gasteiger partial charge on any atom is 0.250 e. The van der Waals surface area contributed by atoms with Gasteiger partial charge in [0.1, 0.15) is 0 Å². The summed E-state index contributed by atoms with van der Waals surface area (Å²) in [5, 5.41) is 0. The highest BCUT2D eigenvalue weighted by molar-refractivity contribution is 6.30. The van der Waals surface area contributed by atoms with Gasteiger partial charge in [0, 0.05) is 12.6 Å². The summed E-state index contributed by atoms with van der Waals surface area (Å²) in [6, 6.07) is 0.448. The minimum absolute atomic E-state index is 0.422. The summed E-state index contributed by atoms with van der Waals surface area (Å²) in [5.74, 6) is -0.422. The molecule has 82 valence electrons. The van der Waals surface area contributed by atoms with Gasteiger partial charge in [0.05, 0.1) is 0 Å². The topological polar surface area (TPSA) is 46.3 Å². The zero-order chi connectivity index (χ0) is 10.6. The Balaban J connectivity index is 2.57. The van der Waals surface area contributed by atoms with Crippen LogP contribution < -0.4 is 5.73 Å². The number of hydrogen-bond acceptors (Lipinski definition) is 2. The number of likely N-dealkylation sites (tertiary alicyclic amines) is 1. The first-order valence-electron chi connectivity index (χ1n) is 5.36. The number of carbonyl (C=O) groups excluding carboxylic acids is 1. The van der Waals surface area contributed by atoms with Crippen LogP contribution in [0.1, 0.15) is 39.0 Å². The maximum atomic E-state index is 11.0. The van der Waals surface area contributed by atoms with Gasteiger partial charge < -0.3 is 5.73 Å². The highest BCUT2D eigenvalue weighted by Gasteiger charge is 2.29. The van der Waals surface area contributed by atoms with Crippen LogP contribution >= 0.6 is 11.6 Å². The van der Waals surface area contributed by atoms with Crippen LogP contribution in [0, 0.1) is 0 Å². The monoisotopic (exact) mass is 218 g/mol. The Morgan fingerprint density at radius 3 is 2.93 bits per heavy atom. The summed E-state index contributed by atoms with van der Waals surface area (Å²) < 4.78 is 0. The van der Waals surface area contributed by atoms with Crippen molar-refractivity contribution in [1.29, 1.82) is 0 Å². The van der Waals surface area contributed by atoms with Gasteiger partial charge in [-0.25, -0.2) is 0 Å². The molecular weight excluding hydrogens is 200 g/mol. The van der Waals surface area contributed by atoms with Crippen LogP contribution in [0.5, 0.6) is 0 Å². The minimum atomic E-state index is -0.619. The van der Waals surface area contributed by atoms with E-state index >= 15 is 0 Å². The number of halogens is 1. The Bertz CT molecular complexity index is 197. The number of alkyl halides is 1. The first-order valence-corrected chi connectivity index (χ1v) is 5.79. The molecule has 1 heterocycles. The molecule has 0 aromatic carbocycles. The van der Waals surface area contributed by atoms with Crippen LogP contribution in [-0.4, -0.2) is 28.9 Å². The zero-order valence-electron chi connectivity index (χ0n) is 8.71. The third-order valence-electron chi connectivity index (χ3n) is 2.82. The summed E-state index contributed by atoms with van der Waals surface area (Å²) in [7, 11) is 0. The maximum absolute atomic E-state index is 11.0. The normalized spacial score (nSPS) is 26.0. The molecule has 0 bridgehead atoms. The predicted octanol–water partition coefficient (Wildman–Crippen LogP) is 1.69. The van der Waals surface area contributed by atoms with Gasteiger partial charge in [-0.05, 0) is 19.3 Å². The summed E-state index contributed by atoms with van der Waals surface area (Å²) in [4.78, 5) is 13.0. The van der Waals surface area contributed by atoms with Crippen molar-refractivity contribution >= 4 is 17.5 Å². The standard InChI is InChI=1S/C10H19ClN2O/c1-2-5-8-6-3-4-7-13(8)9(11)10(12)14/h8-9H,2-7H2,1H3,(H2,12,14). The van der Waals surface area contributed by atoms with E-state index in [0.29, 0.717) is 6.04 Å². The van der Waals surface area contributed by atoms with E-state index in [2.05, 4.69) is 11.8 Å². The average Bonchev–Trinajstić information content (AvgIpc) is 2.18. The van der Waals surface area contributed by atoms with Crippen LogP contribution in [0.4, 0.5) is 0 Å². The fourth-order valence-corrected chi connectivity index (χ4v) is 2.38. The highest BCUT2D eigenvalue weighted by atomic mass is 35.5. The molecule has 14 heavy (non-hydrogen) atoms. The van der Waals surface area contributed by atoms with E-state index in [9.17, 15) is 4.79 Å². The number of carbonyl (C=O) groups is 1. The van der Waals surface area contributed by atoms with E-state index in [4.69, 9.17) is 17.3 Å². The molecule has 1 fully saturated rings. The molecule has 2 unspecified atom stereocenters. The van der Waals surface area contributed by atoms with Crippen molar-refractivity contribution in [3.8, 4) is 0 Å². The van der Waals surface area contributed by atoms with E-state index in [-0.39, 0.29) is 0 Å². The lowest BCUT2D eigenvalue weighted by Crippen LogP contribution is -2.49. The number of primary amides is 1. The zero-order valence-corrected chi connectivity index (χ0v) is 9.46. The lowest BCUT2D eigenvalue weighted by molar-refractivity contribution is -0.121. The van der Waals surface area contributed by atoms with Gasteiger partial charge in [-0.1, -0.05) is 31.4 Å².